The van der Waals surface area contributed by atoms with Crippen LogP contribution >= 0.6 is 0 Å². The van der Waals surface area contributed by atoms with Gasteiger partial charge in [-0.05, 0) is 31.5 Å². The summed E-state index contributed by atoms with van der Waals surface area (Å²) in [6.45, 7) is 6.13. The van der Waals surface area contributed by atoms with Crippen LogP contribution in [-0.2, 0) is 13.1 Å². The molecule has 3 aromatic rings. The Morgan fingerprint density at radius 3 is 2.81 bits per heavy atom. The van der Waals surface area contributed by atoms with Crippen molar-refractivity contribution in [3.63, 3.8) is 0 Å². The van der Waals surface area contributed by atoms with Gasteiger partial charge >= 0.3 is 0 Å². The Kier molecular flexibility index (Phi) is 6.44. The molecule has 6 heteroatoms. The number of benzene rings is 1. The lowest BCUT2D eigenvalue weighted by atomic mass is 10.1. The number of nitrogens with one attached hydrogen (secondary N) is 1. The Balaban J connectivity index is 1.67. The number of methoxy groups -OCH3 is 1. The van der Waals surface area contributed by atoms with E-state index < -0.39 is 0 Å². The third-order valence-electron chi connectivity index (χ3n) is 4.49. The summed E-state index contributed by atoms with van der Waals surface area (Å²) in [7, 11) is 1.66. The number of aryl methyl sites for hydroxylation is 1. The Morgan fingerprint density at radius 2 is 2.07 bits per heavy atom. The number of hydrogen-bond donors (Lipinski definition) is 1. The van der Waals surface area contributed by atoms with Crippen molar-refractivity contribution >= 4 is 0 Å². The van der Waals surface area contributed by atoms with E-state index in [0.29, 0.717) is 13.2 Å². The van der Waals surface area contributed by atoms with Gasteiger partial charge in [-0.3, -0.25) is 4.98 Å². The van der Waals surface area contributed by atoms with Crippen LogP contribution in [0, 0.1) is 6.92 Å². The zero-order chi connectivity index (χ0) is 19.1. The van der Waals surface area contributed by atoms with Crippen LogP contribution in [0.2, 0.25) is 0 Å². The third kappa shape index (κ3) is 4.86. The van der Waals surface area contributed by atoms with E-state index in [1.165, 1.54) is 5.56 Å². The molecule has 6 nitrogen and oxygen atoms in total. The molecular formula is C21H26N4O2. The topological polar surface area (TPSA) is 61.2 Å². The first-order valence-corrected chi connectivity index (χ1v) is 9.08. The number of imidazole rings is 1. The van der Waals surface area contributed by atoms with Crippen molar-refractivity contribution in [3.05, 3.63) is 72.1 Å². The normalized spacial score (nSPS) is 12.0. The molecule has 0 saturated carbocycles. The van der Waals surface area contributed by atoms with Crippen LogP contribution in [0.4, 0.5) is 0 Å². The summed E-state index contributed by atoms with van der Waals surface area (Å²) in [5.41, 5.74) is 3.29. The zero-order valence-corrected chi connectivity index (χ0v) is 16.1. The van der Waals surface area contributed by atoms with E-state index in [1.54, 1.807) is 19.6 Å². The average Bonchev–Trinajstić information content (AvgIpc) is 3.20. The molecule has 0 radical (unpaired) electrons. The molecule has 1 atom stereocenters. The summed E-state index contributed by atoms with van der Waals surface area (Å²) < 4.78 is 13.6. The van der Waals surface area contributed by atoms with Gasteiger partial charge in [-0.15, -0.1) is 0 Å². The molecular weight excluding hydrogens is 340 g/mol. The molecule has 0 amide bonds. The summed E-state index contributed by atoms with van der Waals surface area (Å²) in [6, 6.07) is 10.1. The van der Waals surface area contributed by atoms with Crippen molar-refractivity contribution in [1.82, 2.24) is 19.9 Å². The van der Waals surface area contributed by atoms with E-state index in [4.69, 9.17) is 9.47 Å². The van der Waals surface area contributed by atoms with Crippen LogP contribution in [0.25, 0.3) is 0 Å². The largest absolute Gasteiger partial charge is 0.493 e. The number of rotatable bonds is 9. The lowest BCUT2D eigenvalue weighted by Crippen LogP contribution is -2.20. The highest BCUT2D eigenvalue weighted by atomic mass is 16.5. The molecule has 0 bridgehead atoms. The lowest BCUT2D eigenvalue weighted by Gasteiger charge is -2.19. The molecule has 3 rings (SSSR count). The van der Waals surface area contributed by atoms with Gasteiger partial charge in [0.25, 0.3) is 0 Å². The molecule has 2 heterocycles. The number of ether oxygens (including phenoxy) is 2. The molecule has 142 valence electrons. The van der Waals surface area contributed by atoms with E-state index in [1.807, 2.05) is 35.2 Å². The SMILES string of the molecule is COc1cccc(CNC(C)c2ncccc2C)c1OCCn1ccnc1. The predicted molar refractivity (Wildman–Crippen MR) is 105 cm³/mol. The smallest absolute Gasteiger partial charge is 0.165 e. The van der Waals surface area contributed by atoms with E-state index in [2.05, 4.69) is 41.3 Å². The first kappa shape index (κ1) is 18.9. The predicted octanol–water partition coefficient (Wildman–Crippen LogP) is 3.52. The average molecular weight is 366 g/mol. The van der Waals surface area contributed by atoms with Gasteiger partial charge in [0.1, 0.15) is 6.61 Å². The van der Waals surface area contributed by atoms with Gasteiger partial charge in [0, 0.05) is 36.7 Å². The minimum absolute atomic E-state index is 0.135. The number of para-hydroxylation sites is 1. The van der Waals surface area contributed by atoms with Crippen molar-refractivity contribution < 1.29 is 9.47 Å². The van der Waals surface area contributed by atoms with Crippen LogP contribution in [0.5, 0.6) is 11.5 Å². The summed E-state index contributed by atoms with van der Waals surface area (Å²) in [5, 5.41) is 3.54. The van der Waals surface area contributed by atoms with Crippen molar-refractivity contribution in [2.24, 2.45) is 0 Å². The highest BCUT2D eigenvalue weighted by Crippen LogP contribution is 2.31. The van der Waals surface area contributed by atoms with Crippen molar-refractivity contribution in [3.8, 4) is 11.5 Å². The molecule has 0 fully saturated rings. The number of nitrogens with zero attached hydrogens (tertiary/aromatic N) is 3. The molecule has 1 aromatic carbocycles. The summed E-state index contributed by atoms with van der Waals surface area (Å²) in [5.74, 6) is 1.51. The van der Waals surface area contributed by atoms with Gasteiger partial charge in [-0.1, -0.05) is 18.2 Å². The van der Waals surface area contributed by atoms with Gasteiger partial charge in [-0.25, -0.2) is 4.98 Å². The molecule has 0 aliphatic heterocycles. The van der Waals surface area contributed by atoms with E-state index in [9.17, 15) is 0 Å². The summed E-state index contributed by atoms with van der Waals surface area (Å²) in [6.07, 6.45) is 7.30. The Morgan fingerprint density at radius 1 is 1.19 bits per heavy atom. The Labute approximate surface area is 160 Å². The van der Waals surface area contributed by atoms with Crippen molar-refractivity contribution in [1.29, 1.82) is 0 Å². The lowest BCUT2D eigenvalue weighted by molar-refractivity contribution is 0.276. The minimum Gasteiger partial charge on any atom is -0.493 e. The second kappa shape index (κ2) is 9.19. The first-order chi connectivity index (χ1) is 13.2. The monoisotopic (exact) mass is 366 g/mol. The minimum atomic E-state index is 0.135. The molecule has 1 N–H and O–H groups in total. The standard InChI is InChI=1S/C21H26N4O2/c1-16-6-5-9-23-20(16)17(2)24-14-18-7-4-8-19(26-3)21(18)27-13-12-25-11-10-22-15-25/h4-11,15,17,24H,12-14H2,1-3H3. The third-order valence-corrected chi connectivity index (χ3v) is 4.49. The fourth-order valence-electron chi connectivity index (χ4n) is 3.01. The fraction of sp³-hybridized carbons (Fsp3) is 0.333. The molecule has 2 aromatic heterocycles. The van der Waals surface area contributed by atoms with Gasteiger partial charge in [0.15, 0.2) is 11.5 Å². The zero-order valence-electron chi connectivity index (χ0n) is 16.1. The second-order valence-corrected chi connectivity index (χ2v) is 6.41. The van der Waals surface area contributed by atoms with Crippen LogP contribution in [0.1, 0.15) is 29.8 Å². The van der Waals surface area contributed by atoms with Crippen molar-refractivity contribution in [2.45, 2.75) is 33.0 Å². The van der Waals surface area contributed by atoms with Gasteiger partial charge in [-0.2, -0.15) is 0 Å². The van der Waals surface area contributed by atoms with Crippen LogP contribution in [0.3, 0.4) is 0 Å². The van der Waals surface area contributed by atoms with Gasteiger partial charge in [0.2, 0.25) is 0 Å². The van der Waals surface area contributed by atoms with Crippen LogP contribution in [0.15, 0.2) is 55.2 Å². The van der Waals surface area contributed by atoms with Crippen molar-refractivity contribution in [2.75, 3.05) is 13.7 Å². The molecule has 0 aliphatic rings. The van der Waals surface area contributed by atoms with Crippen LogP contribution < -0.4 is 14.8 Å². The number of aromatic nitrogens is 3. The fourth-order valence-corrected chi connectivity index (χ4v) is 3.01. The number of hydrogen-bond acceptors (Lipinski definition) is 5. The van der Waals surface area contributed by atoms with Gasteiger partial charge in [0.05, 0.1) is 25.7 Å². The molecule has 0 spiro atoms. The van der Waals surface area contributed by atoms with E-state index in [0.717, 1.165) is 29.3 Å². The second-order valence-electron chi connectivity index (χ2n) is 6.41. The first-order valence-electron chi connectivity index (χ1n) is 9.08. The Hall–Kier alpha value is -2.86. The maximum absolute atomic E-state index is 6.06. The molecule has 0 aliphatic carbocycles. The highest BCUT2D eigenvalue weighted by Gasteiger charge is 2.14. The quantitative estimate of drug-likeness (QED) is 0.628. The van der Waals surface area contributed by atoms with Crippen LogP contribution in [-0.4, -0.2) is 28.3 Å². The van der Waals surface area contributed by atoms with Gasteiger partial charge < -0.3 is 19.4 Å². The molecule has 0 saturated heterocycles. The van der Waals surface area contributed by atoms with E-state index >= 15 is 0 Å². The Bertz CT molecular complexity index is 849. The molecule has 27 heavy (non-hydrogen) atoms. The van der Waals surface area contributed by atoms with E-state index in [-0.39, 0.29) is 6.04 Å². The number of pyridine rings is 1. The maximum Gasteiger partial charge on any atom is 0.165 e. The maximum atomic E-state index is 6.06. The molecule has 1 unspecified atom stereocenters. The highest BCUT2D eigenvalue weighted by molar-refractivity contribution is 5.46. The summed E-state index contributed by atoms with van der Waals surface area (Å²) >= 11 is 0. The summed E-state index contributed by atoms with van der Waals surface area (Å²) in [4.78, 5) is 8.55.